The van der Waals surface area contributed by atoms with Crippen molar-refractivity contribution in [2.45, 2.75) is 67.2 Å². The number of carbonyl (C=O) groups is 1. The van der Waals surface area contributed by atoms with Gasteiger partial charge in [-0.3, -0.25) is 4.79 Å². The molecule has 0 fully saturated rings. The normalized spacial score (nSPS) is 11.7. The fourth-order valence-corrected chi connectivity index (χ4v) is 5.41. The zero-order chi connectivity index (χ0) is 28.8. The van der Waals surface area contributed by atoms with Crippen molar-refractivity contribution in [2.75, 3.05) is 0 Å². The number of aliphatic hydroxyl groups excluding tert-OH is 1. The molecule has 2 aromatic heterocycles. The van der Waals surface area contributed by atoms with Gasteiger partial charge in [0.15, 0.2) is 5.78 Å². The summed E-state index contributed by atoms with van der Waals surface area (Å²) in [5.74, 6) is 0.547. The predicted octanol–water partition coefficient (Wildman–Crippen LogP) is 10.1. The van der Waals surface area contributed by atoms with Crippen molar-refractivity contribution in [3.05, 3.63) is 89.8 Å². The van der Waals surface area contributed by atoms with Gasteiger partial charge in [-0.05, 0) is 66.4 Å². The standard InChI is InChI=1S/C23H16NO.C13H24O2.Ir/c1-14-9-15(2)11-17(10-14)23-19-13-22-20(12-16(19)7-8-24-23)18-5-3-4-6-21(18)25-22;1-5-10(6-2)12(14)9-13(15)11(7-3)8-4;/h3-10,12-13H,1-2H3;9-11,14H,5-8H2,1-4H3;/q-1;;/b;12-9-;. The van der Waals surface area contributed by atoms with E-state index in [1.54, 1.807) is 0 Å². The summed E-state index contributed by atoms with van der Waals surface area (Å²) in [4.78, 5) is 16.4. The second-order valence-corrected chi connectivity index (χ2v) is 10.6. The number of aliphatic hydroxyl groups is 1. The molecular formula is C36H40IrNO3-. The number of ketones is 1. The molecule has 1 N–H and O–H groups in total. The Kier molecular flexibility index (Phi) is 11.5. The molecule has 41 heavy (non-hydrogen) atoms. The fraction of sp³-hybridized carbons (Fsp3) is 0.333. The number of aryl methyl sites for hydroxylation is 2. The van der Waals surface area contributed by atoms with Crippen molar-refractivity contribution in [3.8, 4) is 11.3 Å². The van der Waals surface area contributed by atoms with Crippen LogP contribution in [0.25, 0.3) is 44.0 Å². The van der Waals surface area contributed by atoms with Crippen LogP contribution in [0.2, 0.25) is 0 Å². The molecule has 2 heterocycles. The van der Waals surface area contributed by atoms with Gasteiger partial charge in [0.2, 0.25) is 0 Å². The van der Waals surface area contributed by atoms with E-state index in [-0.39, 0.29) is 43.5 Å². The van der Waals surface area contributed by atoms with Gasteiger partial charge in [0.25, 0.3) is 0 Å². The summed E-state index contributed by atoms with van der Waals surface area (Å²) >= 11 is 0. The smallest absolute Gasteiger partial charge is 0.162 e. The second-order valence-electron chi connectivity index (χ2n) is 10.6. The maximum absolute atomic E-state index is 11.7. The average molecular weight is 727 g/mol. The number of furan rings is 1. The van der Waals surface area contributed by atoms with E-state index >= 15 is 0 Å². The summed E-state index contributed by atoms with van der Waals surface area (Å²) in [6.07, 6.45) is 6.78. The van der Waals surface area contributed by atoms with Gasteiger partial charge in [0, 0.05) is 55.0 Å². The van der Waals surface area contributed by atoms with Crippen molar-refractivity contribution in [1.82, 2.24) is 4.98 Å². The molecule has 0 spiro atoms. The van der Waals surface area contributed by atoms with Crippen LogP contribution in [-0.4, -0.2) is 15.9 Å². The molecule has 5 heteroatoms. The Bertz CT molecular complexity index is 1640. The summed E-state index contributed by atoms with van der Waals surface area (Å²) < 4.78 is 6.06. The Morgan fingerprint density at radius 3 is 2.22 bits per heavy atom. The third-order valence-electron chi connectivity index (χ3n) is 7.75. The molecule has 0 aliphatic heterocycles. The maximum atomic E-state index is 11.7. The molecule has 1 radical (unpaired) electrons. The number of hydrogen-bond acceptors (Lipinski definition) is 4. The molecule has 0 unspecified atom stereocenters. The van der Waals surface area contributed by atoms with Gasteiger partial charge in [0.05, 0.1) is 5.76 Å². The van der Waals surface area contributed by atoms with E-state index in [1.807, 2.05) is 52.1 Å². The number of fused-ring (bicyclic) bond motifs is 4. The van der Waals surface area contributed by atoms with Crippen LogP contribution in [0.3, 0.4) is 0 Å². The first-order valence-electron chi connectivity index (χ1n) is 14.4. The van der Waals surface area contributed by atoms with Crippen molar-refractivity contribution in [3.63, 3.8) is 0 Å². The molecule has 217 valence electrons. The van der Waals surface area contributed by atoms with Crippen molar-refractivity contribution < 1.29 is 34.4 Å². The van der Waals surface area contributed by atoms with Crippen LogP contribution in [0.1, 0.15) is 64.5 Å². The fourth-order valence-electron chi connectivity index (χ4n) is 5.41. The number of para-hydroxylation sites is 1. The van der Waals surface area contributed by atoms with Crippen LogP contribution in [0.4, 0.5) is 0 Å². The molecule has 0 aliphatic carbocycles. The minimum absolute atomic E-state index is 0. The monoisotopic (exact) mass is 727 g/mol. The Balaban J connectivity index is 0.000000253. The summed E-state index contributed by atoms with van der Waals surface area (Å²) in [5.41, 5.74) is 6.13. The van der Waals surface area contributed by atoms with Gasteiger partial charge in [-0.25, -0.2) is 0 Å². The number of hydrogen-bond donors (Lipinski definition) is 1. The molecular weight excluding hydrogens is 687 g/mol. The van der Waals surface area contributed by atoms with Gasteiger partial charge in [-0.15, -0.1) is 34.9 Å². The van der Waals surface area contributed by atoms with Gasteiger partial charge in [-0.1, -0.05) is 59.7 Å². The van der Waals surface area contributed by atoms with E-state index in [1.165, 1.54) is 11.6 Å². The van der Waals surface area contributed by atoms with Crippen LogP contribution in [0.15, 0.2) is 77.0 Å². The third-order valence-corrected chi connectivity index (χ3v) is 7.75. The summed E-state index contributed by atoms with van der Waals surface area (Å²) in [7, 11) is 0. The number of allylic oxidation sites excluding steroid dienone is 2. The molecule has 0 saturated heterocycles. The first-order chi connectivity index (χ1) is 19.3. The van der Waals surface area contributed by atoms with Gasteiger partial charge in [-0.2, -0.15) is 0 Å². The van der Waals surface area contributed by atoms with Crippen LogP contribution < -0.4 is 0 Å². The van der Waals surface area contributed by atoms with Crippen LogP contribution in [0.5, 0.6) is 0 Å². The van der Waals surface area contributed by atoms with E-state index in [0.29, 0.717) is 0 Å². The predicted molar refractivity (Wildman–Crippen MR) is 167 cm³/mol. The third kappa shape index (κ3) is 7.33. The first kappa shape index (κ1) is 32.2. The van der Waals surface area contributed by atoms with Crippen LogP contribution in [-0.2, 0) is 24.9 Å². The Labute approximate surface area is 257 Å². The number of pyridine rings is 1. The van der Waals surface area contributed by atoms with E-state index in [4.69, 9.17) is 4.42 Å². The topological polar surface area (TPSA) is 63.3 Å². The molecule has 4 nitrogen and oxygen atoms in total. The van der Waals surface area contributed by atoms with Gasteiger partial charge < -0.3 is 14.5 Å². The molecule has 5 rings (SSSR count). The Morgan fingerprint density at radius 2 is 1.56 bits per heavy atom. The van der Waals surface area contributed by atoms with E-state index in [2.05, 4.69) is 61.3 Å². The average Bonchev–Trinajstić information content (AvgIpc) is 3.30. The van der Waals surface area contributed by atoms with E-state index in [9.17, 15) is 9.90 Å². The molecule has 0 saturated carbocycles. The molecule has 0 amide bonds. The summed E-state index contributed by atoms with van der Waals surface area (Å²) in [6.45, 7) is 12.2. The maximum Gasteiger partial charge on any atom is 0.162 e. The van der Waals surface area contributed by atoms with Crippen LogP contribution in [0, 0.1) is 31.7 Å². The number of rotatable bonds is 8. The zero-order valence-electron chi connectivity index (χ0n) is 24.9. The van der Waals surface area contributed by atoms with Crippen molar-refractivity contribution in [1.29, 1.82) is 0 Å². The Hall–Kier alpha value is -3.27. The second kappa shape index (κ2) is 14.6. The zero-order valence-corrected chi connectivity index (χ0v) is 27.3. The SMILES string of the molecule is CCC(CC)C(=O)/C=C(\O)C(CC)CC.Cc1[c-]c(-c2nccc3cc4c(cc23)oc2ccccc24)cc(C)c1.[Ir]. The van der Waals surface area contributed by atoms with Crippen molar-refractivity contribution >= 4 is 38.5 Å². The first-order valence-corrected chi connectivity index (χ1v) is 14.4. The number of carbonyl (C=O) groups excluding carboxylic acids is 1. The summed E-state index contributed by atoms with van der Waals surface area (Å²) in [5, 5.41) is 14.3. The molecule has 0 atom stereocenters. The van der Waals surface area contributed by atoms with E-state index < -0.39 is 0 Å². The van der Waals surface area contributed by atoms with E-state index in [0.717, 1.165) is 75.2 Å². The van der Waals surface area contributed by atoms with Crippen molar-refractivity contribution in [2.24, 2.45) is 11.8 Å². The summed E-state index contributed by atoms with van der Waals surface area (Å²) in [6, 6.07) is 22.2. The molecule has 0 aliphatic rings. The number of aromatic nitrogens is 1. The quantitative estimate of drug-likeness (QED) is 0.0983. The largest absolute Gasteiger partial charge is 0.512 e. The number of benzene rings is 3. The minimum Gasteiger partial charge on any atom is -0.512 e. The van der Waals surface area contributed by atoms with Gasteiger partial charge >= 0.3 is 0 Å². The van der Waals surface area contributed by atoms with Gasteiger partial charge in [0.1, 0.15) is 11.2 Å². The molecule has 0 bridgehead atoms. The minimum atomic E-state index is 0. The molecule has 3 aromatic carbocycles. The Morgan fingerprint density at radius 1 is 0.878 bits per heavy atom. The molecule has 5 aromatic rings. The number of nitrogens with zero attached hydrogens (tertiary/aromatic N) is 1. The van der Waals surface area contributed by atoms with Crippen LogP contribution >= 0.6 is 0 Å².